The second-order valence-electron chi connectivity index (χ2n) is 8.59. The average molecular weight is 546 g/mol. The van der Waals surface area contributed by atoms with Crippen molar-refractivity contribution in [1.29, 1.82) is 0 Å². The zero-order chi connectivity index (χ0) is 22.0. The number of hydrogen-bond donors (Lipinski definition) is 2. The van der Waals surface area contributed by atoms with E-state index in [0.717, 1.165) is 46.5 Å². The minimum Gasteiger partial charge on any atom is -0.487 e. The highest BCUT2D eigenvalue weighted by Crippen LogP contribution is 2.39. The molecule has 1 aliphatic rings. The second-order valence-corrected chi connectivity index (χ2v) is 8.59. The molecule has 0 radical (unpaired) electrons. The molecule has 0 saturated heterocycles. The third-order valence-electron chi connectivity index (χ3n) is 5.41. The number of nitrogens with zero attached hydrogens (tertiary/aromatic N) is 4. The molecule has 3 heterocycles. The van der Waals surface area contributed by atoms with Crippen LogP contribution in [0.5, 0.6) is 5.75 Å². The second kappa shape index (κ2) is 9.89. The Balaban J connectivity index is 0.00000289. The van der Waals surface area contributed by atoms with Crippen LogP contribution in [-0.2, 0) is 6.54 Å². The predicted molar refractivity (Wildman–Crippen MR) is 138 cm³/mol. The smallest absolute Gasteiger partial charge is 0.191 e. The Bertz CT molecular complexity index is 1090. The van der Waals surface area contributed by atoms with Crippen molar-refractivity contribution in [3.63, 3.8) is 0 Å². The maximum Gasteiger partial charge on any atom is 0.191 e. The van der Waals surface area contributed by atoms with E-state index in [1.807, 2.05) is 55.1 Å². The van der Waals surface area contributed by atoms with Crippen LogP contribution in [0.25, 0.3) is 5.82 Å². The highest BCUT2D eigenvalue weighted by molar-refractivity contribution is 14.0. The summed E-state index contributed by atoms with van der Waals surface area (Å²) in [6.07, 6.45) is 2.72. The number of ether oxygens (including phenoxy) is 1. The van der Waals surface area contributed by atoms with Gasteiger partial charge in [-0.1, -0.05) is 24.3 Å². The van der Waals surface area contributed by atoms with Crippen LogP contribution >= 0.6 is 24.0 Å². The molecule has 7 nitrogen and oxygen atoms in total. The number of aromatic nitrogens is 3. The first-order chi connectivity index (χ1) is 14.8. The molecule has 8 heteroatoms. The van der Waals surface area contributed by atoms with Crippen molar-refractivity contribution < 1.29 is 4.74 Å². The molecule has 2 aromatic heterocycles. The van der Waals surface area contributed by atoms with Crippen molar-refractivity contribution in [3.05, 3.63) is 71.2 Å². The first kappa shape index (κ1) is 24.0. The van der Waals surface area contributed by atoms with E-state index in [1.165, 1.54) is 0 Å². The number of hydrogen-bond acceptors (Lipinski definition) is 4. The molecule has 0 spiro atoms. The number of rotatable bonds is 4. The lowest BCUT2D eigenvalue weighted by atomic mass is 9.90. The molecule has 2 N–H and O–H groups in total. The van der Waals surface area contributed by atoms with Crippen molar-refractivity contribution >= 4 is 29.9 Å². The summed E-state index contributed by atoms with van der Waals surface area (Å²) in [5.41, 5.74) is 4.03. The largest absolute Gasteiger partial charge is 0.487 e. The van der Waals surface area contributed by atoms with Gasteiger partial charge < -0.3 is 15.4 Å². The molecule has 170 valence electrons. The van der Waals surface area contributed by atoms with E-state index in [4.69, 9.17) is 4.74 Å². The maximum absolute atomic E-state index is 6.14. The van der Waals surface area contributed by atoms with Crippen LogP contribution < -0.4 is 15.4 Å². The fourth-order valence-corrected chi connectivity index (χ4v) is 3.98. The van der Waals surface area contributed by atoms with E-state index < -0.39 is 0 Å². The first-order valence-electron chi connectivity index (χ1n) is 10.6. The van der Waals surface area contributed by atoms with Gasteiger partial charge in [-0.05, 0) is 51.5 Å². The highest BCUT2D eigenvalue weighted by atomic mass is 127. The molecule has 1 aliphatic heterocycles. The van der Waals surface area contributed by atoms with Gasteiger partial charge in [0.25, 0.3) is 0 Å². The van der Waals surface area contributed by atoms with E-state index in [2.05, 4.69) is 51.7 Å². The van der Waals surface area contributed by atoms with Gasteiger partial charge in [0.05, 0.1) is 11.7 Å². The molecule has 1 unspecified atom stereocenters. The number of nitrogens with one attached hydrogen (secondary N) is 2. The van der Waals surface area contributed by atoms with Gasteiger partial charge in [-0.25, -0.2) is 9.67 Å². The first-order valence-corrected chi connectivity index (χ1v) is 10.6. The SMILES string of the molecule is CN=C(NCc1ccc(-n2nc(C)cc2C)nc1)NC1CC(C)(C)Oc2ccccc21.I. The van der Waals surface area contributed by atoms with Gasteiger partial charge in [-0.2, -0.15) is 5.10 Å². The normalized spacial score (nSPS) is 17.0. The minimum atomic E-state index is -0.242. The summed E-state index contributed by atoms with van der Waals surface area (Å²) in [7, 11) is 1.79. The fourth-order valence-electron chi connectivity index (χ4n) is 3.98. The average Bonchev–Trinajstić information content (AvgIpc) is 3.08. The van der Waals surface area contributed by atoms with Crippen LogP contribution in [0.4, 0.5) is 0 Å². The summed E-state index contributed by atoms with van der Waals surface area (Å²) in [6.45, 7) is 8.87. The maximum atomic E-state index is 6.14. The fraction of sp³-hybridized carbons (Fsp3) is 0.375. The van der Waals surface area contributed by atoms with Crippen LogP contribution in [0.15, 0.2) is 53.7 Å². The summed E-state index contributed by atoms with van der Waals surface area (Å²) in [4.78, 5) is 8.99. The summed E-state index contributed by atoms with van der Waals surface area (Å²) in [5.74, 6) is 2.49. The Labute approximate surface area is 206 Å². The van der Waals surface area contributed by atoms with Crippen molar-refractivity contribution in [2.45, 2.75) is 52.3 Å². The standard InChI is InChI=1S/C24H30N6O.HI/c1-16-12-17(2)30(29-16)22-11-10-18(14-26-22)15-27-23(25-5)28-20-13-24(3,4)31-21-9-7-6-8-19(20)21;/h6-12,14,20H,13,15H2,1-5H3,(H2,25,27,28);1H. The number of guanidine groups is 1. The zero-order valence-corrected chi connectivity index (χ0v) is 21.5. The van der Waals surface area contributed by atoms with E-state index in [0.29, 0.717) is 6.54 Å². The number of aryl methyl sites for hydroxylation is 2. The van der Waals surface area contributed by atoms with Crippen LogP contribution in [0.2, 0.25) is 0 Å². The Hall–Kier alpha value is -2.62. The van der Waals surface area contributed by atoms with Gasteiger partial charge in [-0.3, -0.25) is 4.99 Å². The Morgan fingerprint density at radius 3 is 2.66 bits per heavy atom. The van der Waals surface area contributed by atoms with E-state index >= 15 is 0 Å². The number of para-hydroxylation sites is 1. The molecule has 3 aromatic rings. The monoisotopic (exact) mass is 546 g/mol. The third-order valence-corrected chi connectivity index (χ3v) is 5.41. The number of benzene rings is 1. The Morgan fingerprint density at radius 1 is 1.22 bits per heavy atom. The van der Waals surface area contributed by atoms with Crippen LogP contribution in [0, 0.1) is 13.8 Å². The highest BCUT2D eigenvalue weighted by Gasteiger charge is 2.33. The van der Waals surface area contributed by atoms with Crippen LogP contribution in [-0.4, -0.2) is 33.4 Å². The van der Waals surface area contributed by atoms with Gasteiger partial charge in [0.1, 0.15) is 11.4 Å². The molecule has 1 aromatic carbocycles. The van der Waals surface area contributed by atoms with Gasteiger partial charge in [0.15, 0.2) is 11.8 Å². The van der Waals surface area contributed by atoms with E-state index in [1.54, 1.807) is 7.05 Å². The van der Waals surface area contributed by atoms with Crippen molar-refractivity contribution in [2.24, 2.45) is 4.99 Å². The quantitative estimate of drug-likeness (QED) is 0.287. The Kier molecular flexibility index (Phi) is 7.43. The predicted octanol–water partition coefficient (Wildman–Crippen LogP) is 4.47. The topological polar surface area (TPSA) is 76.4 Å². The summed E-state index contributed by atoms with van der Waals surface area (Å²) in [6, 6.07) is 14.4. The summed E-state index contributed by atoms with van der Waals surface area (Å²) < 4.78 is 7.99. The van der Waals surface area contributed by atoms with Crippen LogP contribution in [0.1, 0.15) is 48.8 Å². The van der Waals surface area contributed by atoms with E-state index in [-0.39, 0.29) is 35.6 Å². The van der Waals surface area contributed by atoms with Crippen LogP contribution in [0.3, 0.4) is 0 Å². The molecule has 1 atom stereocenters. The number of pyridine rings is 1. The van der Waals surface area contributed by atoms with Crippen molar-refractivity contribution in [1.82, 2.24) is 25.4 Å². The molecule has 0 bridgehead atoms. The molecule has 32 heavy (non-hydrogen) atoms. The molecule has 4 rings (SSSR count). The molecule has 0 saturated carbocycles. The number of halogens is 1. The summed E-state index contributed by atoms with van der Waals surface area (Å²) >= 11 is 0. The summed E-state index contributed by atoms with van der Waals surface area (Å²) in [5, 5.41) is 11.5. The van der Waals surface area contributed by atoms with Crippen molar-refractivity contribution in [2.75, 3.05) is 7.05 Å². The lowest BCUT2D eigenvalue weighted by Gasteiger charge is -2.38. The van der Waals surface area contributed by atoms with Gasteiger partial charge in [0, 0.05) is 37.5 Å². The van der Waals surface area contributed by atoms with Gasteiger partial charge in [-0.15, -0.1) is 24.0 Å². The Morgan fingerprint density at radius 2 is 2.00 bits per heavy atom. The molecular weight excluding hydrogens is 515 g/mol. The molecule has 0 fully saturated rings. The van der Waals surface area contributed by atoms with Gasteiger partial charge in [0.2, 0.25) is 0 Å². The van der Waals surface area contributed by atoms with Crippen molar-refractivity contribution in [3.8, 4) is 11.6 Å². The number of fused-ring (bicyclic) bond motifs is 1. The minimum absolute atomic E-state index is 0. The third kappa shape index (κ3) is 5.40. The lowest BCUT2D eigenvalue weighted by molar-refractivity contribution is 0.0694. The lowest BCUT2D eigenvalue weighted by Crippen LogP contribution is -2.45. The number of aliphatic imine (C=N–C) groups is 1. The molecule has 0 amide bonds. The molecular formula is C24H31IN6O. The van der Waals surface area contributed by atoms with E-state index in [9.17, 15) is 0 Å². The molecule has 0 aliphatic carbocycles. The zero-order valence-electron chi connectivity index (χ0n) is 19.2. The van der Waals surface area contributed by atoms with Gasteiger partial charge >= 0.3 is 0 Å².